The van der Waals surface area contributed by atoms with E-state index in [-0.39, 0.29) is 50.3 Å². The van der Waals surface area contributed by atoms with E-state index in [0.29, 0.717) is 0 Å². The van der Waals surface area contributed by atoms with Gasteiger partial charge in [0, 0.05) is 50.3 Å². The van der Waals surface area contributed by atoms with Gasteiger partial charge in [0.25, 0.3) is 0 Å². The van der Waals surface area contributed by atoms with Crippen molar-refractivity contribution in [2.75, 3.05) is 0 Å². The third kappa shape index (κ3) is 25.4. The SMILES string of the molecule is [Co].[Mn].[Ni].[O]=[Mn]. The van der Waals surface area contributed by atoms with Crippen molar-refractivity contribution in [1.82, 2.24) is 0 Å². The summed E-state index contributed by atoms with van der Waals surface area (Å²) in [4.78, 5) is 0. The van der Waals surface area contributed by atoms with Crippen LogP contribution in [0.5, 0.6) is 0 Å². The number of rotatable bonds is 0. The van der Waals surface area contributed by atoms with Gasteiger partial charge in [-0.1, -0.05) is 0 Å². The average Bonchev–Trinajstić information content (AvgIpc) is 1.00. The van der Waals surface area contributed by atoms with E-state index in [1.165, 1.54) is 0 Å². The Hall–Kier alpha value is 1.84. The minimum absolute atomic E-state index is 0. The molecular formula is CoMn2NiO. The molecule has 0 atom stereocenters. The fourth-order valence-electron chi connectivity index (χ4n) is 0. The molecule has 0 rings (SSSR count). The molecule has 0 bridgehead atoms. The normalized spacial score (nSPS) is 0.800. The predicted molar refractivity (Wildman–Crippen MR) is 0.686 cm³/mol. The maximum absolute atomic E-state index is 8.06. The standard InChI is InChI=1S/Co.2Mn.Ni.O. The Kier molecular flexibility index (Phi) is 234. The van der Waals surface area contributed by atoms with Crippen molar-refractivity contribution in [3.63, 3.8) is 0 Å². The second-order valence-corrected chi connectivity index (χ2v) is 0. The Morgan fingerprint density at radius 1 is 1.20 bits per heavy atom. The molecule has 0 N–H and O–H groups in total. The zero-order valence-electron chi connectivity index (χ0n) is 1.81. The molecule has 2 radical (unpaired) electrons. The molecule has 0 aromatic heterocycles. The first kappa shape index (κ1) is 28.9. The van der Waals surface area contributed by atoms with E-state index in [2.05, 4.69) is 0 Å². The van der Waals surface area contributed by atoms with Gasteiger partial charge in [-0.3, -0.25) is 0 Å². The van der Waals surface area contributed by atoms with Crippen LogP contribution in [0.2, 0.25) is 0 Å². The first-order valence-electron chi connectivity index (χ1n) is 0.154. The molecule has 0 unspecified atom stereocenters. The van der Waals surface area contributed by atoms with E-state index >= 15 is 0 Å². The summed E-state index contributed by atoms with van der Waals surface area (Å²) in [6, 6.07) is 0. The summed E-state index contributed by atoms with van der Waals surface area (Å²) in [5, 5.41) is 0. The Morgan fingerprint density at radius 2 is 1.20 bits per heavy atom. The van der Waals surface area contributed by atoms with E-state index in [4.69, 9.17) is 3.83 Å². The van der Waals surface area contributed by atoms with Crippen LogP contribution in [0.25, 0.3) is 0 Å². The minimum atomic E-state index is 0. The Balaban J connectivity index is -0.00000000167. The monoisotopic (exact) mass is 243 g/mol. The second kappa shape index (κ2) is 40.4. The van der Waals surface area contributed by atoms with Crippen molar-refractivity contribution in [2.24, 2.45) is 0 Å². The van der Waals surface area contributed by atoms with Crippen molar-refractivity contribution in [3.8, 4) is 0 Å². The molecule has 5 heavy (non-hydrogen) atoms. The van der Waals surface area contributed by atoms with E-state index in [1.807, 2.05) is 0 Å². The second-order valence-electron chi connectivity index (χ2n) is 0. The number of hydrogen-bond donors (Lipinski definition) is 0. The van der Waals surface area contributed by atoms with Crippen LogP contribution in [-0.2, 0) is 70.1 Å². The third-order valence-electron chi connectivity index (χ3n) is 0. The van der Waals surface area contributed by atoms with Gasteiger partial charge in [-0.2, -0.15) is 0 Å². The summed E-state index contributed by atoms with van der Waals surface area (Å²) < 4.78 is 8.06. The van der Waals surface area contributed by atoms with Crippen molar-refractivity contribution in [2.45, 2.75) is 0 Å². The molecule has 0 fully saturated rings. The van der Waals surface area contributed by atoms with Gasteiger partial charge in [0.15, 0.2) is 0 Å². The molecule has 0 aromatic rings. The zero-order chi connectivity index (χ0) is 2.00. The summed E-state index contributed by atoms with van der Waals surface area (Å²) in [6.45, 7) is 0. The molecule has 39 valence electrons. The van der Waals surface area contributed by atoms with Crippen LogP contribution in [0.15, 0.2) is 0 Å². The quantitative estimate of drug-likeness (QED) is 0.542. The van der Waals surface area contributed by atoms with E-state index in [0.717, 1.165) is 0 Å². The number of hydrogen-bond acceptors (Lipinski definition) is 1. The van der Waals surface area contributed by atoms with Crippen LogP contribution in [0.3, 0.4) is 0 Å². The van der Waals surface area contributed by atoms with Crippen molar-refractivity contribution in [1.29, 1.82) is 0 Å². The topological polar surface area (TPSA) is 17.1 Å². The predicted octanol–water partition coefficient (Wildman–Crippen LogP) is -0.129. The fourth-order valence-corrected chi connectivity index (χ4v) is 0. The fraction of sp³-hybridized carbons (Fsp3) is 0. The molecule has 0 spiro atoms. The van der Waals surface area contributed by atoms with Gasteiger partial charge in [0.05, 0.1) is 0 Å². The molecule has 0 saturated carbocycles. The van der Waals surface area contributed by atoms with Gasteiger partial charge in [-0.25, -0.2) is 0 Å². The van der Waals surface area contributed by atoms with E-state index in [9.17, 15) is 0 Å². The average molecular weight is 244 g/mol. The molecule has 0 aromatic carbocycles. The molecular weight excluding hydrogens is 244 g/mol. The maximum atomic E-state index is 8.06. The molecule has 5 heteroatoms. The van der Waals surface area contributed by atoms with Crippen molar-refractivity contribution < 1.29 is 70.1 Å². The summed E-state index contributed by atoms with van der Waals surface area (Å²) in [7, 11) is 0. The van der Waals surface area contributed by atoms with E-state index < -0.39 is 0 Å². The van der Waals surface area contributed by atoms with Crippen LogP contribution in [0, 0.1) is 0 Å². The van der Waals surface area contributed by atoms with Crippen LogP contribution in [-0.4, -0.2) is 0 Å². The van der Waals surface area contributed by atoms with Crippen LogP contribution < -0.4 is 0 Å². The van der Waals surface area contributed by atoms with E-state index in [1.54, 1.807) is 15.9 Å². The summed E-state index contributed by atoms with van der Waals surface area (Å²) >= 11 is 1.69. The first-order valence-corrected chi connectivity index (χ1v) is 0.636. The molecule has 0 amide bonds. The molecule has 0 heterocycles. The van der Waals surface area contributed by atoms with Gasteiger partial charge in [0.1, 0.15) is 0 Å². The van der Waals surface area contributed by atoms with Gasteiger partial charge in [-0.05, 0) is 0 Å². The third-order valence-corrected chi connectivity index (χ3v) is 0. The first-order chi connectivity index (χ1) is 1.00. The Labute approximate surface area is 69.6 Å². The molecule has 1 nitrogen and oxygen atoms in total. The zero-order valence-corrected chi connectivity index (χ0v) is 6.20. The summed E-state index contributed by atoms with van der Waals surface area (Å²) in [5.74, 6) is 0. The molecule has 0 aliphatic rings. The van der Waals surface area contributed by atoms with Gasteiger partial charge in [-0.15, -0.1) is 0 Å². The van der Waals surface area contributed by atoms with Crippen molar-refractivity contribution in [3.05, 3.63) is 0 Å². The van der Waals surface area contributed by atoms with Gasteiger partial charge in [0.2, 0.25) is 0 Å². The summed E-state index contributed by atoms with van der Waals surface area (Å²) in [6.07, 6.45) is 0. The van der Waals surface area contributed by atoms with Gasteiger partial charge < -0.3 is 0 Å². The van der Waals surface area contributed by atoms with Crippen LogP contribution in [0.1, 0.15) is 0 Å². The summed E-state index contributed by atoms with van der Waals surface area (Å²) in [5.41, 5.74) is 0. The van der Waals surface area contributed by atoms with Crippen molar-refractivity contribution >= 4 is 0 Å². The Bertz CT molecular complexity index is 9.61. The molecule has 0 aliphatic carbocycles. The van der Waals surface area contributed by atoms with Gasteiger partial charge >= 0.3 is 19.8 Å². The van der Waals surface area contributed by atoms with Crippen LogP contribution >= 0.6 is 0 Å². The Morgan fingerprint density at radius 3 is 1.20 bits per heavy atom. The van der Waals surface area contributed by atoms with Crippen LogP contribution in [0.4, 0.5) is 0 Å². The molecule has 0 saturated heterocycles. The molecule has 0 aliphatic heterocycles.